The maximum Gasteiger partial charge on any atom is 0.407 e. The highest BCUT2D eigenvalue weighted by atomic mass is 16.4. The molecule has 4 aliphatic heterocycles. The Morgan fingerprint density at radius 1 is 1.14 bits per heavy atom. The number of piperidine rings is 2. The molecule has 0 aliphatic carbocycles. The van der Waals surface area contributed by atoms with Crippen LogP contribution >= 0.6 is 0 Å². The number of imide groups is 1. The second-order valence-corrected chi connectivity index (χ2v) is 10.5. The number of aryl methyl sites for hydroxylation is 1. The minimum atomic E-state index is -0.782. The standard InChI is InChI=1S/C25H32N6O4/c1-28-23-18(22(27-28)19-5-6-21(32)26-24(19)33)3-2-4-20(23)29-9-7-15(8-10-29)12-30-13-17-11-16(30)14-31(17)25(34)35/h2-4,15-17,19H,5-14H2,1H3,(H,34,35)(H,26,32,33). The van der Waals surface area contributed by atoms with Crippen molar-refractivity contribution >= 4 is 34.5 Å². The van der Waals surface area contributed by atoms with Crippen LogP contribution in [0.1, 0.15) is 43.7 Å². The van der Waals surface area contributed by atoms with Crippen LogP contribution in [-0.2, 0) is 16.6 Å². The van der Waals surface area contributed by atoms with Crippen molar-refractivity contribution < 1.29 is 19.5 Å². The Kier molecular flexibility index (Phi) is 5.43. The molecule has 3 unspecified atom stereocenters. The summed E-state index contributed by atoms with van der Waals surface area (Å²) in [5.41, 5.74) is 2.94. The van der Waals surface area contributed by atoms with E-state index in [0.717, 1.165) is 67.7 Å². The van der Waals surface area contributed by atoms with Gasteiger partial charge in [-0.05, 0) is 37.7 Å². The van der Waals surface area contributed by atoms with Crippen molar-refractivity contribution in [2.45, 2.75) is 50.1 Å². The molecule has 1 aromatic heterocycles. The van der Waals surface area contributed by atoms with Crippen LogP contribution in [0.25, 0.3) is 10.9 Å². The van der Waals surface area contributed by atoms with Crippen LogP contribution in [0.3, 0.4) is 0 Å². The molecule has 186 valence electrons. The summed E-state index contributed by atoms with van der Waals surface area (Å²) < 4.78 is 1.88. The molecule has 3 atom stereocenters. The number of benzene rings is 1. The van der Waals surface area contributed by atoms with Gasteiger partial charge in [0.15, 0.2) is 0 Å². The number of hydrogen-bond acceptors (Lipinski definition) is 6. The van der Waals surface area contributed by atoms with E-state index in [9.17, 15) is 19.5 Å². The maximum atomic E-state index is 12.5. The molecule has 4 fully saturated rings. The molecule has 2 bridgehead atoms. The van der Waals surface area contributed by atoms with E-state index in [2.05, 4.69) is 21.2 Å². The van der Waals surface area contributed by atoms with E-state index in [-0.39, 0.29) is 17.9 Å². The molecular weight excluding hydrogens is 448 g/mol. The summed E-state index contributed by atoms with van der Waals surface area (Å²) in [5.74, 6) is -0.246. The van der Waals surface area contributed by atoms with Crippen LogP contribution in [0.4, 0.5) is 10.5 Å². The summed E-state index contributed by atoms with van der Waals surface area (Å²) in [6.07, 6.45) is 3.23. The van der Waals surface area contributed by atoms with Gasteiger partial charge in [0.25, 0.3) is 0 Å². The van der Waals surface area contributed by atoms with Crippen molar-refractivity contribution in [2.24, 2.45) is 13.0 Å². The van der Waals surface area contributed by atoms with Gasteiger partial charge in [-0.2, -0.15) is 5.10 Å². The number of piperazine rings is 1. The predicted molar refractivity (Wildman–Crippen MR) is 129 cm³/mol. The second-order valence-electron chi connectivity index (χ2n) is 10.5. The van der Waals surface area contributed by atoms with Crippen molar-refractivity contribution in [1.29, 1.82) is 0 Å². The third-order valence-electron chi connectivity index (χ3n) is 8.49. The number of fused-ring (bicyclic) bond motifs is 3. The zero-order chi connectivity index (χ0) is 24.3. The Balaban J connectivity index is 1.14. The lowest BCUT2D eigenvalue weighted by atomic mass is 9.92. The number of carboxylic acid groups (broad SMARTS) is 1. The van der Waals surface area contributed by atoms with Gasteiger partial charge >= 0.3 is 6.09 Å². The van der Waals surface area contributed by atoms with E-state index >= 15 is 0 Å². The van der Waals surface area contributed by atoms with E-state index in [0.29, 0.717) is 31.3 Å². The number of anilines is 1. The molecular formula is C25H32N6O4. The maximum absolute atomic E-state index is 12.5. The van der Waals surface area contributed by atoms with Crippen LogP contribution in [0.5, 0.6) is 0 Å². The van der Waals surface area contributed by atoms with E-state index in [4.69, 9.17) is 5.10 Å². The molecule has 1 aromatic carbocycles. The summed E-state index contributed by atoms with van der Waals surface area (Å²) in [7, 11) is 1.93. The molecule has 0 radical (unpaired) electrons. The molecule has 4 saturated heterocycles. The number of hydrogen-bond donors (Lipinski definition) is 2. The number of nitrogens with one attached hydrogen (secondary N) is 1. The summed E-state index contributed by atoms with van der Waals surface area (Å²) >= 11 is 0. The third-order valence-corrected chi connectivity index (χ3v) is 8.49. The Hall–Kier alpha value is -3.14. The second kappa shape index (κ2) is 8.51. The summed E-state index contributed by atoms with van der Waals surface area (Å²) in [6, 6.07) is 6.75. The summed E-state index contributed by atoms with van der Waals surface area (Å²) in [4.78, 5) is 42.0. The fourth-order valence-electron chi connectivity index (χ4n) is 6.71. The quantitative estimate of drug-likeness (QED) is 0.642. The monoisotopic (exact) mass is 480 g/mol. The fourth-order valence-corrected chi connectivity index (χ4v) is 6.71. The number of aromatic nitrogens is 2. The van der Waals surface area contributed by atoms with E-state index < -0.39 is 12.0 Å². The first-order chi connectivity index (χ1) is 16.9. The van der Waals surface area contributed by atoms with Gasteiger partial charge in [0, 0.05) is 63.7 Å². The normalized spacial score (nSPS) is 27.7. The highest BCUT2D eigenvalue weighted by molar-refractivity contribution is 6.03. The van der Waals surface area contributed by atoms with Crippen molar-refractivity contribution in [1.82, 2.24) is 24.9 Å². The summed E-state index contributed by atoms with van der Waals surface area (Å²) in [6.45, 7) is 4.50. The van der Waals surface area contributed by atoms with Gasteiger partial charge in [-0.3, -0.25) is 24.5 Å². The average molecular weight is 481 g/mol. The molecule has 5 heterocycles. The van der Waals surface area contributed by atoms with Crippen LogP contribution in [0.15, 0.2) is 18.2 Å². The van der Waals surface area contributed by atoms with Gasteiger partial charge < -0.3 is 14.9 Å². The Morgan fingerprint density at radius 3 is 2.63 bits per heavy atom. The largest absolute Gasteiger partial charge is 0.465 e. The molecule has 0 spiro atoms. The zero-order valence-electron chi connectivity index (χ0n) is 20.0. The van der Waals surface area contributed by atoms with Crippen LogP contribution in [0, 0.1) is 5.92 Å². The topological polar surface area (TPSA) is 111 Å². The highest BCUT2D eigenvalue weighted by Gasteiger charge is 2.45. The minimum Gasteiger partial charge on any atom is -0.465 e. The first-order valence-corrected chi connectivity index (χ1v) is 12.7. The lowest BCUT2D eigenvalue weighted by Crippen LogP contribution is -2.50. The smallest absolute Gasteiger partial charge is 0.407 e. The molecule has 6 rings (SSSR count). The first-order valence-electron chi connectivity index (χ1n) is 12.7. The number of likely N-dealkylation sites (tertiary alicyclic amines) is 2. The third kappa shape index (κ3) is 3.84. The zero-order valence-corrected chi connectivity index (χ0v) is 20.0. The molecule has 2 aromatic rings. The van der Waals surface area contributed by atoms with E-state index in [1.54, 1.807) is 4.90 Å². The van der Waals surface area contributed by atoms with Crippen LogP contribution in [0.2, 0.25) is 0 Å². The van der Waals surface area contributed by atoms with Gasteiger partial charge in [-0.15, -0.1) is 0 Å². The number of carbonyl (C=O) groups excluding carboxylic acids is 2. The summed E-state index contributed by atoms with van der Waals surface area (Å²) in [5, 5.41) is 17.5. The molecule has 2 N–H and O–H groups in total. The average Bonchev–Trinajstić information content (AvgIpc) is 3.53. The lowest BCUT2D eigenvalue weighted by Gasteiger charge is -2.38. The minimum absolute atomic E-state index is 0.165. The number of para-hydroxylation sites is 1. The molecule has 10 nitrogen and oxygen atoms in total. The Labute approximate surface area is 203 Å². The van der Waals surface area contributed by atoms with Gasteiger partial charge in [0.05, 0.1) is 22.8 Å². The van der Waals surface area contributed by atoms with Gasteiger partial charge in [0.1, 0.15) is 0 Å². The molecule has 0 saturated carbocycles. The SMILES string of the molecule is Cn1nc(C2CCC(=O)NC2=O)c2cccc(N3CCC(CN4CC5CC4CN5C(=O)O)CC3)c21. The van der Waals surface area contributed by atoms with Crippen molar-refractivity contribution in [2.75, 3.05) is 37.6 Å². The van der Waals surface area contributed by atoms with E-state index in [1.165, 1.54) is 0 Å². The molecule has 4 aliphatic rings. The number of carbonyl (C=O) groups is 3. The number of nitrogens with zero attached hydrogens (tertiary/aromatic N) is 5. The van der Waals surface area contributed by atoms with Crippen molar-refractivity contribution in [3.05, 3.63) is 23.9 Å². The van der Waals surface area contributed by atoms with Crippen LogP contribution < -0.4 is 10.2 Å². The Bertz CT molecular complexity index is 1190. The van der Waals surface area contributed by atoms with Gasteiger partial charge in [-0.25, -0.2) is 4.79 Å². The van der Waals surface area contributed by atoms with Crippen molar-refractivity contribution in [3.63, 3.8) is 0 Å². The van der Waals surface area contributed by atoms with Crippen molar-refractivity contribution in [3.8, 4) is 0 Å². The molecule has 35 heavy (non-hydrogen) atoms. The van der Waals surface area contributed by atoms with Crippen LogP contribution in [-0.4, -0.2) is 87.4 Å². The van der Waals surface area contributed by atoms with E-state index in [1.807, 2.05) is 23.9 Å². The Morgan fingerprint density at radius 2 is 1.94 bits per heavy atom. The van der Waals surface area contributed by atoms with Gasteiger partial charge in [0.2, 0.25) is 11.8 Å². The fraction of sp³-hybridized carbons (Fsp3) is 0.600. The molecule has 10 heteroatoms. The lowest BCUT2D eigenvalue weighted by molar-refractivity contribution is -0.134. The predicted octanol–water partition coefficient (Wildman–Crippen LogP) is 1.75. The first kappa shape index (κ1) is 22.3. The number of amides is 3. The highest BCUT2D eigenvalue weighted by Crippen LogP contribution is 2.37. The molecule has 3 amide bonds. The number of rotatable bonds is 4. The van der Waals surface area contributed by atoms with Gasteiger partial charge in [-0.1, -0.05) is 12.1 Å².